The average molecular weight is 914 g/mol. The van der Waals surface area contributed by atoms with E-state index < -0.39 is 0 Å². The van der Waals surface area contributed by atoms with Crippen LogP contribution in [0.3, 0.4) is 0 Å². The molecule has 0 nitrogen and oxygen atoms in total. The molecule has 0 aromatic heterocycles. The van der Waals surface area contributed by atoms with Gasteiger partial charge >= 0.3 is 0 Å². The van der Waals surface area contributed by atoms with Crippen molar-refractivity contribution in [1.29, 1.82) is 0 Å². The third-order valence-electron chi connectivity index (χ3n) is 31.9. The summed E-state index contributed by atoms with van der Waals surface area (Å²) >= 11 is 0. The van der Waals surface area contributed by atoms with E-state index in [-0.39, 0.29) is 114 Å². The van der Waals surface area contributed by atoms with E-state index in [2.05, 4.69) is 305 Å². The van der Waals surface area contributed by atoms with Gasteiger partial charge in [-0.05, 0) is 114 Å². The molecule has 0 bridgehead atoms. The summed E-state index contributed by atoms with van der Waals surface area (Å²) < 4.78 is 0. The van der Waals surface area contributed by atoms with Crippen molar-refractivity contribution < 1.29 is 0 Å². The highest BCUT2D eigenvalue weighted by molar-refractivity contribution is 5.21. The van der Waals surface area contributed by atoms with Crippen LogP contribution in [0.5, 0.6) is 0 Å². The third-order valence-corrected chi connectivity index (χ3v) is 31.9. The normalized spacial score (nSPS) is 17.5. The Kier molecular flexibility index (Phi) is 16.0. The predicted octanol–water partition coefficient (Wildman–Crippen LogP) is 22.6. The summed E-state index contributed by atoms with van der Waals surface area (Å²) in [5.41, 5.74) is -0.138. The predicted molar refractivity (Wildman–Crippen MR) is 301 cm³/mol. The van der Waals surface area contributed by atoms with Gasteiger partial charge in [0.25, 0.3) is 0 Å². The van der Waals surface area contributed by atoms with Crippen LogP contribution in [0, 0.1) is 114 Å². The molecule has 392 valence electrons. The highest BCUT2D eigenvalue weighted by Crippen LogP contribution is 2.79. The van der Waals surface area contributed by atoms with Gasteiger partial charge in [-0.2, -0.15) is 0 Å². The lowest BCUT2D eigenvalue weighted by Gasteiger charge is -2.75. The molecule has 0 heteroatoms. The highest BCUT2D eigenvalue weighted by atomic mass is 14.8. The van der Waals surface area contributed by atoms with E-state index >= 15 is 0 Å². The number of rotatable bonds is 18. The van der Waals surface area contributed by atoms with Crippen LogP contribution in [0.4, 0.5) is 0 Å². The van der Waals surface area contributed by atoms with Crippen molar-refractivity contribution >= 4 is 0 Å². The maximum atomic E-state index is 2.66. The molecule has 0 N–H and O–H groups in total. The van der Waals surface area contributed by atoms with Crippen molar-refractivity contribution in [1.82, 2.24) is 0 Å². The summed E-state index contributed by atoms with van der Waals surface area (Å²) in [6.07, 6.45) is 0. The lowest BCUT2D eigenvalue weighted by Crippen LogP contribution is -2.69. The molecule has 0 saturated heterocycles. The van der Waals surface area contributed by atoms with Crippen LogP contribution < -0.4 is 0 Å². The highest BCUT2D eigenvalue weighted by Gasteiger charge is 2.73. The van der Waals surface area contributed by atoms with Gasteiger partial charge in [-0.3, -0.25) is 0 Å². The van der Waals surface area contributed by atoms with E-state index in [4.69, 9.17) is 0 Å². The van der Waals surface area contributed by atoms with Crippen molar-refractivity contribution in [3.63, 3.8) is 0 Å². The molecule has 0 atom stereocenters. The SMILES string of the molecule is CC(C)(C)C(C)(C)C(C)(C)C(C)(C)C(C)(C)C(C)(C)C(C)(C)C(C)(C)C(C)(C)C(C)(C)C(C)(C)C(C)(C)C(C)(C)C(C)(C)C(C)(C)C(C)(C)C(C)(C)C(C)(C)C(C)(C)C(C)(C)C(C)(C)C. The van der Waals surface area contributed by atoms with Gasteiger partial charge in [0.2, 0.25) is 0 Å². The van der Waals surface area contributed by atoms with E-state index in [0.717, 1.165) is 0 Å². The van der Waals surface area contributed by atoms with Gasteiger partial charge < -0.3 is 0 Å². The number of hydrogen-bond donors (Lipinski definition) is 0. The lowest BCUT2D eigenvalue weighted by atomic mass is 9.30. The van der Waals surface area contributed by atoms with Gasteiger partial charge in [0.05, 0.1) is 0 Å². The zero-order valence-electron chi connectivity index (χ0n) is 54.5. The second-order valence-electron chi connectivity index (χ2n) is 35.4. The largest absolute Gasteiger partial charge is 0.0596 e. The molecule has 0 radical (unpaired) electrons. The fraction of sp³-hybridized carbons (Fsp3) is 1.00. The Hall–Kier alpha value is 0. The van der Waals surface area contributed by atoms with Gasteiger partial charge in [-0.25, -0.2) is 0 Å². The van der Waals surface area contributed by atoms with E-state index in [0.29, 0.717) is 0 Å². The Morgan fingerprint density at radius 1 is 0.0769 bits per heavy atom. The second kappa shape index (κ2) is 16.0. The summed E-state index contributed by atoms with van der Waals surface area (Å²) in [6, 6.07) is 0. The standard InChI is InChI=1S/C65H132/c1-45(2,3)47(7,8)49(11,12)51(15,16)53(19,20)55(23,24)57(27,28)59(31,32)61(35,36)63(39,40)65(43,44)64(41,42)62(37,38)60(33,34)58(29,30)56(25,26)54(21,22)52(17,18)50(13,14)48(9,10)46(4,5)6/h1-44H3. The monoisotopic (exact) mass is 913 g/mol. The minimum atomic E-state index is -0.0803. The van der Waals surface area contributed by atoms with Crippen LogP contribution in [0.2, 0.25) is 0 Å². The van der Waals surface area contributed by atoms with Crippen LogP contribution in [0.15, 0.2) is 0 Å². The molecular weight excluding hydrogens is 781 g/mol. The van der Waals surface area contributed by atoms with Crippen molar-refractivity contribution in [3.8, 4) is 0 Å². The van der Waals surface area contributed by atoms with Gasteiger partial charge in [0, 0.05) is 0 Å². The Balaban J connectivity index is 8.03. The molecule has 0 fully saturated rings. The maximum absolute atomic E-state index is 2.66. The Labute approximate surface area is 416 Å². The molecule has 0 aliphatic heterocycles. The summed E-state index contributed by atoms with van der Waals surface area (Å²) in [4.78, 5) is 0. The number of hydrogen-bond acceptors (Lipinski definition) is 0. The minimum Gasteiger partial charge on any atom is -0.0596 e. The quantitative estimate of drug-likeness (QED) is 0.129. The Bertz CT molecular complexity index is 1540. The van der Waals surface area contributed by atoms with Crippen LogP contribution in [0.25, 0.3) is 0 Å². The Morgan fingerprint density at radius 2 is 0.123 bits per heavy atom. The first-order valence-electron chi connectivity index (χ1n) is 27.0. The van der Waals surface area contributed by atoms with Crippen LogP contribution in [-0.2, 0) is 0 Å². The first kappa shape index (κ1) is 65.0. The van der Waals surface area contributed by atoms with E-state index in [1.54, 1.807) is 0 Å². The molecule has 0 amide bonds. The molecule has 0 spiro atoms. The van der Waals surface area contributed by atoms with E-state index in [1.807, 2.05) is 0 Å². The van der Waals surface area contributed by atoms with Crippen molar-refractivity contribution in [2.24, 2.45) is 114 Å². The van der Waals surface area contributed by atoms with Gasteiger partial charge in [0.1, 0.15) is 0 Å². The molecule has 0 aromatic rings. The first-order valence-corrected chi connectivity index (χ1v) is 27.0. The zero-order chi connectivity index (χ0) is 54.5. The zero-order valence-corrected chi connectivity index (χ0v) is 54.5. The maximum Gasteiger partial charge on any atom is -0.0241 e. The third kappa shape index (κ3) is 7.59. The van der Waals surface area contributed by atoms with Crippen LogP contribution in [0.1, 0.15) is 305 Å². The van der Waals surface area contributed by atoms with E-state index in [1.165, 1.54) is 0 Å². The lowest BCUT2D eigenvalue weighted by molar-refractivity contribution is -0.268. The van der Waals surface area contributed by atoms with Crippen molar-refractivity contribution in [2.45, 2.75) is 305 Å². The van der Waals surface area contributed by atoms with Gasteiger partial charge in [-0.15, -0.1) is 0 Å². The molecule has 0 aliphatic carbocycles. The Morgan fingerprint density at radius 3 is 0.169 bits per heavy atom. The van der Waals surface area contributed by atoms with Crippen molar-refractivity contribution in [3.05, 3.63) is 0 Å². The summed E-state index contributed by atoms with van der Waals surface area (Å²) in [7, 11) is 0. The molecular formula is C65H132. The summed E-state index contributed by atoms with van der Waals surface area (Å²) in [5, 5.41) is 0. The smallest absolute Gasteiger partial charge is 0.0241 e. The van der Waals surface area contributed by atoms with Gasteiger partial charge in [-0.1, -0.05) is 305 Å². The first-order chi connectivity index (χ1) is 27.0. The molecule has 0 aliphatic rings. The average Bonchev–Trinajstić information content (AvgIpc) is 3.05. The molecule has 65 heavy (non-hydrogen) atoms. The van der Waals surface area contributed by atoms with E-state index in [9.17, 15) is 0 Å². The summed E-state index contributed by atoms with van der Waals surface area (Å²) in [6.45, 7) is 114. The molecule has 0 saturated carbocycles. The molecule has 0 heterocycles. The topological polar surface area (TPSA) is 0 Å². The molecule has 0 unspecified atom stereocenters. The fourth-order valence-electron chi connectivity index (χ4n) is 15.2. The molecule has 0 rings (SSSR count). The second-order valence-corrected chi connectivity index (χ2v) is 35.4. The summed E-state index contributed by atoms with van der Waals surface area (Å²) in [5.74, 6) is 0. The minimum absolute atomic E-state index is 0.00701. The molecule has 0 aromatic carbocycles. The van der Waals surface area contributed by atoms with Crippen LogP contribution >= 0.6 is 0 Å². The fourth-order valence-corrected chi connectivity index (χ4v) is 15.2. The van der Waals surface area contributed by atoms with Crippen LogP contribution in [-0.4, -0.2) is 0 Å². The van der Waals surface area contributed by atoms with Crippen molar-refractivity contribution in [2.75, 3.05) is 0 Å². The van der Waals surface area contributed by atoms with Gasteiger partial charge in [0.15, 0.2) is 0 Å².